The zero-order valence-corrected chi connectivity index (χ0v) is 14.4. The Morgan fingerprint density at radius 2 is 1.33 bits per heavy atom. The van der Waals surface area contributed by atoms with E-state index >= 15 is 0 Å². The molecule has 0 saturated carbocycles. The van der Waals surface area contributed by atoms with Gasteiger partial charge in [0, 0.05) is 12.1 Å². The molecule has 2 aromatic carbocycles. The van der Waals surface area contributed by atoms with Crippen molar-refractivity contribution in [3.8, 4) is 0 Å². The molecule has 2 aliphatic heterocycles. The van der Waals surface area contributed by atoms with Crippen LogP contribution in [0.25, 0.3) is 0 Å². The highest BCUT2D eigenvalue weighted by atomic mass is 16.3. The second-order valence-electron chi connectivity index (χ2n) is 7.68. The van der Waals surface area contributed by atoms with Gasteiger partial charge in [0.2, 0.25) is 0 Å². The van der Waals surface area contributed by atoms with E-state index in [1.807, 2.05) is 36.4 Å². The normalized spacial score (nSPS) is 27.3. The lowest BCUT2D eigenvalue weighted by Crippen LogP contribution is -2.42. The molecular formula is C22H27NO. The predicted octanol–water partition coefficient (Wildman–Crippen LogP) is 4.19. The van der Waals surface area contributed by atoms with E-state index in [-0.39, 0.29) is 0 Å². The maximum atomic E-state index is 11.8. The van der Waals surface area contributed by atoms with Crippen LogP contribution in [-0.4, -0.2) is 29.1 Å². The van der Waals surface area contributed by atoms with Gasteiger partial charge in [-0.2, -0.15) is 0 Å². The zero-order valence-electron chi connectivity index (χ0n) is 14.4. The summed E-state index contributed by atoms with van der Waals surface area (Å²) in [6, 6.07) is 21.8. The summed E-state index contributed by atoms with van der Waals surface area (Å²) in [6.07, 6.45) is 5.91. The van der Waals surface area contributed by atoms with Crippen molar-refractivity contribution in [1.82, 2.24) is 4.90 Å². The number of fused-ring (bicyclic) bond motifs is 2. The van der Waals surface area contributed by atoms with E-state index in [0.717, 1.165) is 17.5 Å². The highest BCUT2D eigenvalue weighted by Gasteiger charge is 2.42. The molecule has 1 N–H and O–H groups in total. The van der Waals surface area contributed by atoms with Crippen LogP contribution in [0.2, 0.25) is 0 Å². The van der Waals surface area contributed by atoms with Gasteiger partial charge in [-0.25, -0.2) is 0 Å². The first-order valence-electron chi connectivity index (χ1n) is 9.22. The largest absolute Gasteiger partial charge is 0.380 e. The highest BCUT2D eigenvalue weighted by molar-refractivity contribution is 5.36. The van der Waals surface area contributed by atoms with Gasteiger partial charge in [-0.3, -0.25) is 0 Å². The van der Waals surface area contributed by atoms with Gasteiger partial charge in [-0.05, 0) is 56.2 Å². The number of rotatable bonds is 4. The van der Waals surface area contributed by atoms with Crippen LogP contribution in [0.5, 0.6) is 0 Å². The average Bonchev–Trinajstić information content (AvgIpc) is 2.84. The standard InChI is InChI=1S/C22H27NO/c1-23-20-12-13-21(23)15-17(14-20)16-22(24,18-8-4-2-5-9-18)19-10-6-3-7-11-19/h2-11,17,20-21,24H,12-16H2,1H3. The van der Waals surface area contributed by atoms with Gasteiger partial charge in [-0.1, -0.05) is 60.7 Å². The SMILES string of the molecule is CN1C2CCC1CC(CC(O)(c1ccccc1)c1ccccc1)C2. The lowest BCUT2D eigenvalue weighted by molar-refractivity contribution is 0.0268. The Bertz CT molecular complexity index is 615. The zero-order chi connectivity index (χ0) is 16.6. The average molecular weight is 321 g/mol. The summed E-state index contributed by atoms with van der Waals surface area (Å²) >= 11 is 0. The summed E-state index contributed by atoms with van der Waals surface area (Å²) < 4.78 is 0. The van der Waals surface area contributed by atoms with Gasteiger partial charge in [0.15, 0.2) is 0 Å². The molecule has 4 rings (SSSR count). The van der Waals surface area contributed by atoms with Gasteiger partial charge >= 0.3 is 0 Å². The third kappa shape index (κ3) is 2.78. The van der Waals surface area contributed by atoms with Crippen LogP contribution in [-0.2, 0) is 5.60 Å². The molecule has 0 aromatic heterocycles. The van der Waals surface area contributed by atoms with Crippen molar-refractivity contribution in [3.05, 3.63) is 71.8 Å². The summed E-state index contributed by atoms with van der Waals surface area (Å²) in [5.74, 6) is 0.587. The van der Waals surface area contributed by atoms with Gasteiger partial charge < -0.3 is 10.0 Å². The number of nitrogens with zero attached hydrogens (tertiary/aromatic N) is 1. The fraction of sp³-hybridized carbons (Fsp3) is 0.455. The molecule has 24 heavy (non-hydrogen) atoms. The Morgan fingerprint density at radius 3 is 1.79 bits per heavy atom. The van der Waals surface area contributed by atoms with E-state index in [0.29, 0.717) is 18.0 Å². The second kappa shape index (κ2) is 6.34. The van der Waals surface area contributed by atoms with Crippen LogP contribution in [0.1, 0.15) is 43.2 Å². The first-order chi connectivity index (χ1) is 11.7. The maximum Gasteiger partial charge on any atom is 0.115 e. The molecule has 2 aliphatic rings. The minimum Gasteiger partial charge on any atom is -0.380 e. The van der Waals surface area contributed by atoms with E-state index in [2.05, 4.69) is 36.2 Å². The number of hydrogen-bond acceptors (Lipinski definition) is 2. The quantitative estimate of drug-likeness (QED) is 0.913. The fourth-order valence-electron chi connectivity index (χ4n) is 4.94. The molecule has 2 saturated heterocycles. The molecule has 2 aromatic rings. The van der Waals surface area contributed by atoms with Gasteiger partial charge in [0.25, 0.3) is 0 Å². The second-order valence-corrected chi connectivity index (χ2v) is 7.68. The van der Waals surface area contributed by atoms with E-state index in [1.165, 1.54) is 25.7 Å². The smallest absolute Gasteiger partial charge is 0.115 e. The lowest BCUT2D eigenvalue weighted by Gasteiger charge is -2.40. The molecule has 2 heterocycles. The lowest BCUT2D eigenvalue weighted by atomic mass is 9.75. The van der Waals surface area contributed by atoms with Crippen LogP contribution in [0.3, 0.4) is 0 Å². The minimum atomic E-state index is -0.886. The summed E-state index contributed by atoms with van der Waals surface area (Å²) in [7, 11) is 2.28. The van der Waals surface area contributed by atoms with Crippen molar-refractivity contribution in [1.29, 1.82) is 0 Å². The monoisotopic (exact) mass is 321 g/mol. The molecule has 0 spiro atoms. The minimum absolute atomic E-state index is 0.587. The van der Waals surface area contributed by atoms with Crippen LogP contribution in [0.15, 0.2) is 60.7 Å². The van der Waals surface area contributed by atoms with Gasteiger partial charge in [0.05, 0.1) is 0 Å². The van der Waals surface area contributed by atoms with Crippen LogP contribution >= 0.6 is 0 Å². The molecule has 2 atom stereocenters. The van der Waals surface area contributed by atoms with Crippen molar-refractivity contribution in [2.24, 2.45) is 5.92 Å². The van der Waals surface area contributed by atoms with Crippen LogP contribution < -0.4 is 0 Å². The van der Waals surface area contributed by atoms with Crippen molar-refractivity contribution in [2.75, 3.05) is 7.05 Å². The number of piperidine rings is 1. The Morgan fingerprint density at radius 1 is 0.875 bits per heavy atom. The number of benzene rings is 2. The molecule has 0 radical (unpaired) electrons. The van der Waals surface area contributed by atoms with E-state index in [9.17, 15) is 5.11 Å². The molecule has 2 unspecified atom stereocenters. The molecule has 2 fully saturated rings. The molecule has 0 aliphatic carbocycles. The predicted molar refractivity (Wildman–Crippen MR) is 97.8 cm³/mol. The van der Waals surface area contributed by atoms with Crippen molar-refractivity contribution in [2.45, 2.75) is 49.8 Å². The summed E-state index contributed by atoms with van der Waals surface area (Å²) in [5.41, 5.74) is 1.15. The molecule has 126 valence electrons. The van der Waals surface area contributed by atoms with Crippen molar-refractivity contribution >= 4 is 0 Å². The van der Waals surface area contributed by atoms with Gasteiger partial charge in [-0.15, -0.1) is 0 Å². The highest BCUT2D eigenvalue weighted by Crippen LogP contribution is 2.44. The van der Waals surface area contributed by atoms with Crippen LogP contribution in [0.4, 0.5) is 0 Å². The molecule has 2 nitrogen and oxygen atoms in total. The van der Waals surface area contributed by atoms with E-state index in [1.54, 1.807) is 0 Å². The first-order valence-corrected chi connectivity index (χ1v) is 9.22. The Kier molecular flexibility index (Phi) is 4.19. The number of aliphatic hydroxyl groups is 1. The van der Waals surface area contributed by atoms with Crippen molar-refractivity contribution in [3.63, 3.8) is 0 Å². The number of hydrogen-bond donors (Lipinski definition) is 1. The maximum absolute atomic E-state index is 11.8. The Labute approximate surface area is 145 Å². The summed E-state index contributed by atoms with van der Waals surface area (Å²) in [5, 5.41) is 11.8. The Balaban J connectivity index is 1.65. The van der Waals surface area contributed by atoms with E-state index in [4.69, 9.17) is 0 Å². The van der Waals surface area contributed by atoms with Crippen molar-refractivity contribution < 1.29 is 5.11 Å². The summed E-state index contributed by atoms with van der Waals surface area (Å²) in [6.45, 7) is 0. The van der Waals surface area contributed by atoms with E-state index < -0.39 is 5.60 Å². The first kappa shape index (κ1) is 15.9. The summed E-state index contributed by atoms with van der Waals surface area (Å²) in [4.78, 5) is 2.57. The van der Waals surface area contributed by atoms with Gasteiger partial charge in [0.1, 0.15) is 5.60 Å². The molecule has 2 bridgehead atoms. The molecule has 2 heteroatoms. The van der Waals surface area contributed by atoms with Crippen LogP contribution in [0, 0.1) is 5.92 Å². The molecular weight excluding hydrogens is 294 g/mol. The topological polar surface area (TPSA) is 23.5 Å². The molecule has 0 amide bonds. The Hall–Kier alpha value is -1.64. The third-order valence-electron chi connectivity index (χ3n) is 6.28. The fourth-order valence-corrected chi connectivity index (χ4v) is 4.94. The third-order valence-corrected chi connectivity index (χ3v) is 6.28.